The molecule has 0 heterocycles. The fraction of sp³-hybridized carbons (Fsp3) is 0.125. The van der Waals surface area contributed by atoms with Crippen LogP contribution in [0.15, 0.2) is 84.9 Å². The highest BCUT2D eigenvalue weighted by Gasteiger charge is 2.00. The van der Waals surface area contributed by atoms with Crippen molar-refractivity contribution < 1.29 is 14.3 Å². The molecule has 0 aliphatic carbocycles. The van der Waals surface area contributed by atoms with Gasteiger partial charge >= 0.3 is 0 Å². The average molecular weight is 373 g/mol. The molecule has 0 unspecified atom stereocenters. The molecule has 0 bridgehead atoms. The Morgan fingerprint density at radius 1 is 0.821 bits per heavy atom. The first-order valence-electron chi connectivity index (χ1n) is 9.15. The summed E-state index contributed by atoms with van der Waals surface area (Å²) in [6, 6.07) is 24.9. The van der Waals surface area contributed by atoms with E-state index >= 15 is 0 Å². The lowest BCUT2D eigenvalue weighted by Crippen LogP contribution is -2.09. The number of carbonyl (C=O) groups is 1. The van der Waals surface area contributed by atoms with Crippen molar-refractivity contribution in [1.29, 1.82) is 0 Å². The Hall–Kier alpha value is -3.53. The largest absolute Gasteiger partial charge is 0.490 e. The molecule has 4 nitrogen and oxygen atoms in total. The van der Waals surface area contributed by atoms with Gasteiger partial charge < -0.3 is 14.8 Å². The number of nitrogens with one attached hydrogen (secondary N) is 1. The number of anilines is 1. The Bertz CT molecular complexity index is 901. The number of para-hydroxylation sites is 1. The van der Waals surface area contributed by atoms with E-state index < -0.39 is 0 Å². The van der Waals surface area contributed by atoms with Crippen molar-refractivity contribution in [2.24, 2.45) is 0 Å². The van der Waals surface area contributed by atoms with E-state index in [9.17, 15) is 4.79 Å². The lowest BCUT2D eigenvalue weighted by atomic mass is 10.1. The van der Waals surface area contributed by atoms with E-state index in [1.807, 2.05) is 85.8 Å². The van der Waals surface area contributed by atoms with Gasteiger partial charge in [0.25, 0.3) is 0 Å². The van der Waals surface area contributed by atoms with E-state index in [-0.39, 0.29) is 5.91 Å². The third kappa shape index (κ3) is 6.32. The third-order valence-corrected chi connectivity index (χ3v) is 3.99. The Morgan fingerprint density at radius 2 is 1.43 bits per heavy atom. The van der Waals surface area contributed by atoms with Crippen molar-refractivity contribution in [3.05, 3.63) is 96.1 Å². The quantitative estimate of drug-likeness (QED) is 0.441. The van der Waals surface area contributed by atoms with Crippen LogP contribution < -0.4 is 14.8 Å². The molecule has 0 atom stereocenters. The van der Waals surface area contributed by atoms with E-state index in [1.165, 1.54) is 11.6 Å². The molecule has 28 heavy (non-hydrogen) atoms. The van der Waals surface area contributed by atoms with Crippen LogP contribution in [0.4, 0.5) is 5.69 Å². The number of amides is 1. The fourth-order valence-electron chi connectivity index (χ4n) is 2.50. The van der Waals surface area contributed by atoms with Crippen LogP contribution in [-0.2, 0) is 4.79 Å². The minimum Gasteiger partial charge on any atom is -0.490 e. The van der Waals surface area contributed by atoms with Crippen molar-refractivity contribution in [3.63, 3.8) is 0 Å². The van der Waals surface area contributed by atoms with Gasteiger partial charge in [0.1, 0.15) is 24.7 Å². The molecule has 0 aromatic heterocycles. The van der Waals surface area contributed by atoms with Gasteiger partial charge in [-0.1, -0.05) is 48.0 Å². The summed E-state index contributed by atoms with van der Waals surface area (Å²) in [6.45, 7) is 2.94. The Morgan fingerprint density at radius 3 is 2.07 bits per heavy atom. The number of benzene rings is 3. The summed E-state index contributed by atoms with van der Waals surface area (Å²) in [5, 5.41) is 2.83. The molecule has 3 aromatic rings. The summed E-state index contributed by atoms with van der Waals surface area (Å²) in [5.41, 5.74) is 2.89. The zero-order valence-electron chi connectivity index (χ0n) is 15.8. The molecule has 0 saturated heterocycles. The second kappa shape index (κ2) is 9.97. The fourth-order valence-corrected chi connectivity index (χ4v) is 2.50. The van der Waals surface area contributed by atoms with E-state index in [2.05, 4.69) is 5.32 Å². The predicted molar refractivity (Wildman–Crippen MR) is 113 cm³/mol. The average Bonchev–Trinajstić information content (AvgIpc) is 2.73. The normalized spacial score (nSPS) is 10.6. The monoisotopic (exact) mass is 373 g/mol. The number of rotatable bonds is 8. The topological polar surface area (TPSA) is 47.6 Å². The SMILES string of the molecule is Cc1ccc(C=CC(=O)Nc2ccc(OCCOc3ccccc3)cc2)cc1. The van der Waals surface area contributed by atoms with E-state index in [0.29, 0.717) is 18.9 Å². The lowest BCUT2D eigenvalue weighted by Gasteiger charge is -2.09. The molecule has 1 amide bonds. The van der Waals surface area contributed by atoms with Crippen molar-refractivity contribution in [2.45, 2.75) is 6.92 Å². The molecule has 0 spiro atoms. The first-order valence-corrected chi connectivity index (χ1v) is 9.15. The highest BCUT2D eigenvalue weighted by atomic mass is 16.5. The second-order valence-corrected chi connectivity index (χ2v) is 6.27. The summed E-state index contributed by atoms with van der Waals surface area (Å²) >= 11 is 0. The van der Waals surface area contributed by atoms with Gasteiger partial charge in [-0.3, -0.25) is 4.79 Å². The molecule has 4 heteroatoms. The number of aryl methyl sites for hydroxylation is 1. The van der Waals surface area contributed by atoms with Crippen LogP contribution in [0, 0.1) is 6.92 Å². The van der Waals surface area contributed by atoms with Gasteiger partial charge in [0.2, 0.25) is 5.91 Å². The molecule has 0 aliphatic rings. The summed E-state index contributed by atoms with van der Waals surface area (Å²) in [5.74, 6) is 1.37. The second-order valence-electron chi connectivity index (χ2n) is 6.27. The molecule has 0 radical (unpaired) electrons. The van der Waals surface area contributed by atoms with Gasteiger partial charge in [-0.05, 0) is 55.0 Å². The molecular formula is C24H23NO3. The number of ether oxygens (including phenoxy) is 2. The van der Waals surface area contributed by atoms with Crippen molar-refractivity contribution in [3.8, 4) is 11.5 Å². The van der Waals surface area contributed by atoms with Gasteiger partial charge in [-0.25, -0.2) is 0 Å². The van der Waals surface area contributed by atoms with Crippen LogP contribution in [0.25, 0.3) is 6.08 Å². The smallest absolute Gasteiger partial charge is 0.248 e. The molecular weight excluding hydrogens is 350 g/mol. The van der Waals surface area contributed by atoms with Crippen molar-refractivity contribution >= 4 is 17.7 Å². The Kier molecular flexibility index (Phi) is 6.85. The molecule has 0 aliphatic heterocycles. The van der Waals surface area contributed by atoms with Crippen molar-refractivity contribution in [2.75, 3.05) is 18.5 Å². The van der Waals surface area contributed by atoms with Crippen LogP contribution >= 0.6 is 0 Å². The zero-order valence-corrected chi connectivity index (χ0v) is 15.8. The molecule has 3 aromatic carbocycles. The maximum atomic E-state index is 12.0. The molecule has 0 fully saturated rings. The summed E-state index contributed by atoms with van der Waals surface area (Å²) in [7, 11) is 0. The van der Waals surface area contributed by atoms with E-state index in [1.54, 1.807) is 6.08 Å². The first-order chi connectivity index (χ1) is 13.7. The molecule has 0 saturated carbocycles. The number of hydrogen-bond donors (Lipinski definition) is 1. The lowest BCUT2D eigenvalue weighted by molar-refractivity contribution is -0.111. The van der Waals surface area contributed by atoms with Crippen LogP contribution in [-0.4, -0.2) is 19.1 Å². The van der Waals surface area contributed by atoms with Crippen LogP contribution in [0.1, 0.15) is 11.1 Å². The predicted octanol–water partition coefficient (Wildman–Crippen LogP) is 5.10. The van der Waals surface area contributed by atoms with Gasteiger partial charge in [-0.15, -0.1) is 0 Å². The Balaban J connectivity index is 1.42. The van der Waals surface area contributed by atoms with Gasteiger partial charge in [0, 0.05) is 11.8 Å². The maximum absolute atomic E-state index is 12.0. The van der Waals surface area contributed by atoms with Crippen LogP contribution in [0.2, 0.25) is 0 Å². The van der Waals surface area contributed by atoms with Gasteiger partial charge in [0.15, 0.2) is 0 Å². The summed E-state index contributed by atoms with van der Waals surface area (Å²) in [6.07, 6.45) is 3.31. The number of carbonyl (C=O) groups excluding carboxylic acids is 1. The molecule has 1 N–H and O–H groups in total. The minimum absolute atomic E-state index is 0.175. The minimum atomic E-state index is -0.175. The van der Waals surface area contributed by atoms with Gasteiger partial charge in [0.05, 0.1) is 0 Å². The summed E-state index contributed by atoms with van der Waals surface area (Å²) < 4.78 is 11.2. The van der Waals surface area contributed by atoms with Gasteiger partial charge in [-0.2, -0.15) is 0 Å². The zero-order chi connectivity index (χ0) is 19.6. The highest BCUT2D eigenvalue weighted by Crippen LogP contribution is 2.16. The standard InChI is InChI=1S/C24H23NO3/c1-19-7-9-20(10-8-19)11-16-24(26)25-21-12-14-23(15-13-21)28-18-17-27-22-5-3-2-4-6-22/h2-16H,17-18H2,1H3,(H,25,26). The first kappa shape index (κ1) is 19.2. The van der Waals surface area contributed by atoms with Crippen LogP contribution in [0.5, 0.6) is 11.5 Å². The van der Waals surface area contributed by atoms with Crippen molar-refractivity contribution in [1.82, 2.24) is 0 Å². The van der Waals surface area contributed by atoms with E-state index in [4.69, 9.17) is 9.47 Å². The number of hydrogen-bond acceptors (Lipinski definition) is 3. The molecule has 3 rings (SSSR count). The van der Waals surface area contributed by atoms with E-state index in [0.717, 1.165) is 17.1 Å². The Labute approximate surface area is 165 Å². The van der Waals surface area contributed by atoms with Crippen LogP contribution in [0.3, 0.4) is 0 Å². The molecule has 142 valence electrons. The third-order valence-electron chi connectivity index (χ3n) is 3.99. The highest BCUT2D eigenvalue weighted by molar-refractivity contribution is 6.01. The summed E-state index contributed by atoms with van der Waals surface area (Å²) in [4.78, 5) is 12.0. The maximum Gasteiger partial charge on any atom is 0.248 e.